The van der Waals surface area contributed by atoms with Crippen molar-refractivity contribution in [2.24, 2.45) is 7.05 Å². The molecule has 38 heavy (non-hydrogen) atoms. The molecular weight excluding hydrogens is 518 g/mol. The minimum atomic E-state index is 0.454. The van der Waals surface area contributed by atoms with Crippen molar-refractivity contribution in [2.75, 3.05) is 42.8 Å². The number of rotatable bonds is 8. The highest BCUT2D eigenvalue weighted by Gasteiger charge is 2.22. The summed E-state index contributed by atoms with van der Waals surface area (Å²) < 4.78 is 11.5. The lowest BCUT2D eigenvalue weighted by atomic mass is 10.0. The summed E-state index contributed by atoms with van der Waals surface area (Å²) in [5, 5.41) is 4.83. The first-order valence-corrected chi connectivity index (χ1v) is 13.9. The van der Waals surface area contributed by atoms with E-state index in [1.807, 2.05) is 37.5 Å². The Balaban J connectivity index is 1.53. The fourth-order valence-corrected chi connectivity index (χ4v) is 5.39. The second-order valence-electron chi connectivity index (χ2n) is 9.38. The molecule has 10 heteroatoms. The molecule has 0 aliphatic carbocycles. The number of nitrogens with zero attached hydrogens (tertiary/aromatic N) is 6. The van der Waals surface area contributed by atoms with Crippen LogP contribution in [0.4, 0.5) is 11.6 Å². The first kappa shape index (κ1) is 26.3. The number of anilines is 2. The fourth-order valence-electron chi connectivity index (χ4n) is 4.50. The molecule has 8 nitrogen and oxygen atoms in total. The highest BCUT2D eigenvalue weighted by atomic mass is 35.5. The standard InChI is InChI=1S/C28H32ClN7OS/c1-5-21-26(22-10-7-6-9-19(22)2)31-28(33-38-20-17-30-35(4)18-20)32-27(21)37-24-12-8-11-23(25(24)29)36-15-13-34(3)14-16-36/h6-12,17-18H,5,13-16H2,1-4H3,(H,31,32,33). The largest absolute Gasteiger partial charge is 0.437 e. The lowest BCUT2D eigenvalue weighted by Crippen LogP contribution is -2.44. The maximum atomic E-state index is 6.94. The summed E-state index contributed by atoms with van der Waals surface area (Å²) in [7, 11) is 4.03. The number of benzene rings is 2. The Kier molecular flexibility index (Phi) is 8.06. The number of nitrogens with one attached hydrogen (secondary N) is 1. The predicted octanol–water partition coefficient (Wildman–Crippen LogP) is 6.06. The van der Waals surface area contributed by atoms with Gasteiger partial charge in [-0.25, -0.2) is 4.98 Å². The maximum Gasteiger partial charge on any atom is 0.237 e. The van der Waals surface area contributed by atoms with Crippen molar-refractivity contribution in [2.45, 2.75) is 25.2 Å². The van der Waals surface area contributed by atoms with Gasteiger partial charge in [0.2, 0.25) is 11.8 Å². The van der Waals surface area contributed by atoms with Gasteiger partial charge in [-0.2, -0.15) is 10.1 Å². The highest BCUT2D eigenvalue weighted by molar-refractivity contribution is 8.00. The second-order valence-corrected chi connectivity index (χ2v) is 10.6. The Hall–Kier alpha value is -3.27. The molecule has 0 bridgehead atoms. The Bertz CT molecular complexity index is 1420. The summed E-state index contributed by atoms with van der Waals surface area (Å²) in [6, 6.07) is 14.2. The molecule has 4 aromatic rings. The van der Waals surface area contributed by atoms with Gasteiger partial charge in [0.15, 0.2) is 0 Å². The molecule has 0 spiro atoms. The van der Waals surface area contributed by atoms with Crippen LogP contribution >= 0.6 is 23.5 Å². The van der Waals surface area contributed by atoms with Crippen LogP contribution in [0.1, 0.15) is 18.1 Å². The molecule has 1 N–H and O–H groups in total. The Morgan fingerprint density at radius 1 is 1.03 bits per heavy atom. The van der Waals surface area contributed by atoms with Gasteiger partial charge in [0, 0.05) is 50.6 Å². The van der Waals surface area contributed by atoms with E-state index in [1.54, 1.807) is 10.9 Å². The van der Waals surface area contributed by atoms with Crippen molar-refractivity contribution in [3.63, 3.8) is 0 Å². The molecule has 0 atom stereocenters. The van der Waals surface area contributed by atoms with E-state index in [0.29, 0.717) is 29.0 Å². The van der Waals surface area contributed by atoms with E-state index >= 15 is 0 Å². The predicted molar refractivity (Wildman–Crippen MR) is 156 cm³/mol. The number of likely N-dealkylation sites (N-methyl/N-ethyl adjacent to an activating group) is 1. The smallest absolute Gasteiger partial charge is 0.237 e. The molecule has 2 aromatic carbocycles. The molecule has 1 aliphatic heterocycles. The zero-order valence-electron chi connectivity index (χ0n) is 22.1. The lowest BCUT2D eigenvalue weighted by Gasteiger charge is -2.34. The topological polar surface area (TPSA) is 71.3 Å². The van der Waals surface area contributed by atoms with Gasteiger partial charge in [-0.15, -0.1) is 0 Å². The molecule has 0 unspecified atom stereocenters. The summed E-state index contributed by atoms with van der Waals surface area (Å²) in [5.74, 6) is 1.53. The summed E-state index contributed by atoms with van der Waals surface area (Å²) in [5.41, 5.74) is 4.93. The fraction of sp³-hybridized carbons (Fsp3) is 0.321. The molecule has 1 aliphatic rings. The van der Waals surface area contributed by atoms with Gasteiger partial charge in [-0.05, 0) is 50.0 Å². The third-order valence-electron chi connectivity index (χ3n) is 6.66. The molecule has 198 valence electrons. The first-order valence-electron chi connectivity index (χ1n) is 12.7. The molecular formula is C28H32ClN7OS. The quantitative estimate of drug-likeness (QED) is 0.266. The Labute approximate surface area is 233 Å². The van der Waals surface area contributed by atoms with E-state index in [4.69, 9.17) is 26.3 Å². The molecule has 5 rings (SSSR count). The van der Waals surface area contributed by atoms with Gasteiger partial charge < -0.3 is 14.5 Å². The molecule has 2 aromatic heterocycles. The number of aryl methyl sites for hydroxylation is 2. The van der Waals surface area contributed by atoms with Crippen molar-refractivity contribution in [1.82, 2.24) is 24.6 Å². The van der Waals surface area contributed by atoms with Crippen LogP contribution in [0.2, 0.25) is 5.02 Å². The van der Waals surface area contributed by atoms with Gasteiger partial charge in [-0.3, -0.25) is 9.40 Å². The van der Waals surface area contributed by atoms with E-state index in [1.165, 1.54) is 11.9 Å². The van der Waals surface area contributed by atoms with Gasteiger partial charge >= 0.3 is 0 Å². The van der Waals surface area contributed by atoms with Crippen molar-refractivity contribution in [3.8, 4) is 22.9 Å². The van der Waals surface area contributed by atoms with Crippen molar-refractivity contribution in [1.29, 1.82) is 0 Å². The van der Waals surface area contributed by atoms with Crippen LogP contribution in [0.5, 0.6) is 11.6 Å². The number of piperazine rings is 1. The average Bonchev–Trinajstić information content (AvgIpc) is 3.34. The third-order valence-corrected chi connectivity index (χ3v) is 7.77. The minimum absolute atomic E-state index is 0.454. The van der Waals surface area contributed by atoms with Crippen LogP contribution < -0.4 is 14.4 Å². The van der Waals surface area contributed by atoms with Gasteiger partial charge in [0.25, 0.3) is 0 Å². The summed E-state index contributed by atoms with van der Waals surface area (Å²) in [6.07, 6.45) is 4.42. The van der Waals surface area contributed by atoms with Crippen LogP contribution in [0.25, 0.3) is 11.3 Å². The van der Waals surface area contributed by atoms with Gasteiger partial charge in [0.05, 0.1) is 22.5 Å². The van der Waals surface area contributed by atoms with E-state index < -0.39 is 0 Å². The van der Waals surface area contributed by atoms with Crippen molar-refractivity contribution >= 4 is 35.2 Å². The zero-order chi connectivity index (χ0) is 26.6. The number of hydrogen-bond acceptors (Lipinski definition) is 8. The Morgan fingerprint density at radius 2 is 1.82 bits per heavy atom. The molecule has 0 saturated carbocycles. The average molecular weight is 550 g/mol. The van der Waals surface area contributed by atoms with Gasteiger partial charge in [0.1, 0.15) is 10.8 Å². The van der Waals surface area contributed by atoms with Gasteiger partial charge in [-0.1, -0.05) is 48.9 Å². The summed E-state index contributed by atoms with van der Waals surface area (Å²) in [4.78, 5) is 15.3. The molecule has 0 radical (unpaired) electrons. The maximum absolute atomic E-state index is 6.94. The molecule has 1 saturated heterocycles. The molecule has 3 heterocycles. The normalized spacial score (nSPS) is 14.1. The van der Waals surface area contributed by atoms with Crippen LogP contribution in [0.15, 0.2) is 59.8 Å². The monoisotopic (exact) mass is 549 g/mol. The van der Waals surface area contributed by atoms with Crippen molar-refractivity contribution < 1.29 is 4.74 Å². The van der Waals surface area contributed by atoms with E-state index in [9.17, 15) is 0 Å². The SMILES string of the molecule is CCc1c(Oc2cccc(N3CCN(C)CC3)c2Cl)nc(NSc2cnn(C)c2)nc1-c1ccccc1C. The van der Waals surface area contributed by atoms with Crippen molar-refractivity contribution in [3.05, 3.63) is 71.0 Å². The summed E-state index contributed by atoms with van der Waals surface area (Å²) in [6.45, 7) is 8.01. The molecule has 0 amide bonds. The summed E-state index contributed by atoms with van der Waals surface area (Å²) >= 11 is 8.34. The Morgan fingerprint density at radius 3 is 2.53 bits per heavy atom. The number of halogens is 1. The second kappa shape index (κ2) is 11.6. The molecule has 1 fully saturated rings. The van der Waals surface area contributed by atoms with E-state index in [-0.39, 0.29) is 0 Å². The number of hydrogen-bond donors (Lipinski definition) is 1. The van der Waals surface area contributed by atoms with E-state index in [2.05, 4.69) is 58.7 Å². The number of ether oxygens (including phenoxy) is 1. The third kappa shape index (κ3) is 5.75. The lowest BCUT2D eigenvalue weighted by molar-refractivity contribution is 0.313. The van der Waals surface area contributed by atoms with Crippen LogP contribution in [0.3, 0.4) is 0 Å². The number of aromatic nitrogens is 4. The minimum Gasteiger partial charge on any atom is -0.437 e. The van der Waals surface area contributed by atoms with Crippen LogP contribution in [0, 0.1) is 6.92 Å². The zero-order valence-corrected chi connectivity index (χ0v) is 23.7. The van der Waals surface area contributed by atoms with Crippen LogP contribution in [-0.2, 0) is 13.5 Å². The van der Waals surface area contributed by atoms with E-state index in [0.717, 1.165) is 59.1 Å². The highest BCUT2D eigenvalue weighted by Crippen LogP contribution is 2.40. The van der Waals surface area contributed by atoms with Crippen LogP contribution in [-0.4, -0.2) is 57.9 Å². The first-order chi connectivity index (χ1) is 18.4.